The quantitative estimate of drug-likeness (QED) is 0.380. The van der Waals surface area contributed by atoms with Crippen molar-refractivity contribution in [2.75, 3.05) is 5.73 Å². The first kappa shape index (κ1) is 26.9. The minimum absolute atomic E-state index is 0.158. The summed E-state index contributed by atoms with van der Waals surface area (Å²) in [5, 5.41) is 10.2. The molecule has 1 aromatic heterocycles. The molecule has 1 heterocycles. The van der Waals surface area contributed by atoms with Crippen molar-refractivity contribution >= 4 is 34.5 Å². The summed E-state index contributed by atoms with van der Waals surface area (Å²) in [6.45, 7) is 7.20. The number of nitrogens with zero attached hydrogens (tertiary/aromatic N) is 1. The third-order valence-electron chi connectivity index (χ3n) is 6.59. The van der Waals surface area contributed by atoms with Crippen LogP contribution in [0.3, 0.4) is 0 Å². The average Bonchev–Trinajstić information content (AvgIpc) is 3.28. The van der Waals surface area contributed by atoms with Crippen LogP contribution in [0.4, 0.5) is 10.6 Å². The summed E-state index contributed by atoms with van der Waals surface area (Å²) in [6, 6.07) is 13.9. The Labute approximate surface area is 222 Å². The number of hydrogen-bond donors (Lipinski definition) is 4. The van der Waals surface area contributed by atoms with E-state index in [1.54, 1.807) is 33.9 Å². The zero-order valence-corrected chi connectivity index (χ0v) is 22.2. The lowest BCUT2D eigenvalue weighted by Gasteiger charge is -2.27. The predicted octanol–water partition coefficient (Wildman–Crippen LogP) is 3.25. The van der Waals surface area contributed by atoms with Crippen LogP contribution in [0.25, 0.3) is 10.8 Å². The molecule has 0 radical (unpaired) electrons. The minimum Gasteiger partial charge on any atom is -0.444 e. The average molecular weight is 518 g/mol. The third kappa shape index (κ3) is 6.59. The zero-order chi connectivity index (χ0) is 27.4. The Morgan fingerprint density at radius 1 is 1.03 bits per heavy atom. The number of fused-ring (bicyclic) bond motifs is 2. The summed E-state index contributed by atoms with van der Waals surface area (Å²) in [4.78, 5) is 42.9. The fraction of sp³-hybridized carbons (Fsp3) is 0.379. The van der Waals surface area contributed by atoms with E-state index in [2.05, 4.69) is 20.9 Å². The van der Waals surface area contributed by atoms with Gasteiger partial charge >= 0.3 is 6.09 Å². The van der Waals surface area contributed by atoms with Crippen molar-refractivity contribution in [2.45, 2.75) is 64.8 Å². The number of nitrogen functional groups attached to an aromatic ring is 1. The molecule has 0 bridgehead atoms. The van der Waals surface area contributed by atoms with E-state index in [1.807, 2.05) is 48.5 Å². The highest BCUT2D eigenvalue weighted by Gasteiger charge is 2.36. The first-order valence-electron chi connectivity index (χ1n) is 12.8. The Hall–Kier alpha value is -4.14. The van der Waals surface area contributed by atoms with Gasteiger partial charge in [-0.05, 0) is 80.7 Å². The second-order valence-electron chi connectivity index (χ2n) is 10.8. The van der Waals surface area contributed by atoms with Gasteiger partial charge in [0, 0.05) is 18.1 Å². The number of aromatic nitrogens is 1. The van der Waals surface area contributed by atoms with Gasteiger partial charge in [-0.2, -0.15) is 0 Å². The van der Waals surface area contributed by atoms with E-state index < -0.39 is 29.7 Å². The molecule has 0 spiro atoms. The van der Waals surface area contributed by atoms with Crippen LogP contribution in [0.15, 0.2) is 54.7 Å². The lowest BCUT2D eigenvalue weighted by molar-refractivity contribution is -0.130. The van der Waals surface area contributed by atoms with E-state index in [9.17, 15) is 14.4 Å². The van der Waals surface area contributed by atoms with Gasteiger partial charge in [-0.15, -0.1) is 0 Å². The zero-order valence-electron chi connectivity index (χ0n) is 22.2. The summed E-state index contributed by atoms with van der Waals surface area (Å²) in [6.07, 6.45) is 2.26. The number of carbonyl (C=O) groups excluding carboxylic acids is 3. The highest BCUT2D eigenvalue weighted by atomic mass is 16.6. The fourth-order valence-corrected chi connectivity index (χ4v) is 4.73. The SMILES string of the molecule is CC(NC(=O)C(NC(=O)OC(C)(C)C)C1Cc2ccccc2C1)C(=O)NCc1ccc2c(N)nccc2c1. The van der Waals surface area contributed by atoms with E-state index in [1.165, 1.54) is 0 Å². The second kappa shape index (κ2) is 11.1. The number of benzene rings is 2. The number of nitrogens with two attached hydrogens (primary N) is 1. The molecule has 5 N–H and O–H groups in total. The lowest BCUT2D eigenvalue weighted by Crippen LogP contribution is -2.56. The highest BCUT2D eigenvalue weighted by Crippen LogP contribution is 2.29. The molecule has 200 valence electrons. The Balaban J connectivity index is 1.39. The van der Waals surface area contributed by atoms with E-state index in [0.717, 1.165) is 27.5 Å². The monoisotopic (exact) mass is 517 g/mol. The van der Waals surface area contributed by atoms with Crippen LogP contribution in [0.1, 0.15) is 44.4 Å². The van der Waals surface area contributed by atoms with E-state index in [4.69, 9.17) is 10.5 Å². The largest absolute Gasteiger partial charge is 0.444 e. The number of carbonyl (C=O) groups is 3. The summed E-state index contributed by atoms with van der Waals surface area (Å²) < 4.78 is 5.41. The van der Waals surface area contributed by atoms with E-state index in [0.29, 0.717) is 18.7 Å². The maximum absolute atomic E-state index is 13.4. The molecule has 9 heteroatoms. The molecule has 0 fully saturated rings. The van der Waals surface area contributed by atoms with Crippen LogP contribution in [0.5, 0.6) is 0 Å². The molecule has 4 rings (SSSR count). The number of ether oxygens (including phenoxy) is 1. The van der Waals surface area contributed by atoms with Gasteiger partial charge in [0.2, 0.25) is 11.8 Å². The smallest absolute Gasteiger partial charge is 0.408 e. The molecule has 1 aliphatic rings. The molecular weight excluding hydrogens is 482 g/mol. The summed E-state index contributed by atoms with van der Waals surface area (Å²) in [7, 11) is 0. The summed E-state index contributed by atoms with van der Waals surface area (Å²) in [5.74, 6) is -0.465. The van der Waals surface area contributed by atoms with Crippen molar-refractivity contribution < 1.29 is 19.1 Å². The van der Waals surface area contributed by atoms with Gasteiger partial charge in [0.1, 0.15) is 23.5 Å². The van der Waals surface area contributed by atoms with Gasteiger partial charge in [0.25, 0.3) is 0 Å². The van der Waals surface area contributed by atoms with Gasteiger partial charge in [-0.3, -0.25) is 9.59 Å². The van der Waals surface area contributed by atoms with Crippen molar-refractivity contribution in [2.24, 2.45) is 5.92 Å². The van der Waals surface area contributed by atoms with E-state index in [-0.39, 0.29) is 18.4 Å². The van der Waals surface area contributed by atoms with Gasteiger partial charge in [-0.25, -0.2) is 9.78 Å². The van der Waals surface area contributed by atoms with Crippen LogP contribution in [0, 0.1) is 5.92 Å². The topological polar surface area (TPSA) is 135 Å². The molecule has 0 saturated heterocycles. The van der Waals surface area contributed by atoms with Gasteiger partial charge in [-0.1, -0.05) is 36.4 Å². The summed E-state index contributed by atoms with van der Waals surface area (Å²) in [5.41, 5.74) is 8.40. The molecule has 0 aliphatic heterocycles. The fourth-order valence-electron chi connectivity index (χ4n) is 4.73. The minimum atomic E-state index is -0.855. The molecule has 2 atom stereocenters. The molecule has 9 nitrogen and oxygen atoms in total. The van der Waals surface area contributed by atoms with Crippen molar-refractivity contribution in [1.29, 1.82) is 0 Å². The number of pyridine rings is 1. The molecule has 3 amide bonds. The third-order valence-corrected chi connectivity index (χ3v) is 6.59. The normalized spacial score (nSPS) is 14.8. The van der Waals surface area contributed by atoms with Crippen molar-refractivity contribution in [3.8, 4) is 0 Å². The number of rotatable bonds is 7. The molecule has 2 unspecified atom stereocenters. The van der Waals surface area contributed by atoms with Gasteiger partial charge < -0.3 is 26.4 Å². The number of anilines is 1. The Morgan fingerprint density at radius 2 is 1.71 bits per heavy atom. The maximum Gasteiger partial charge on any atom is 0.408 e. The van der Waals surface area contributed by atoms with Crippen molar-refractivity contribution in [3.63, 3.8) is 0 Å². The maximum atomic E-state index is 13.4. The Kier molecular flexibility index (Phi) is 7.85. The lowest BCUT2D eigenvalue weighted by atomic mass is 9.95. The molecular formula is C29H35N5O4. The van der Waals surface area contributed by atoms with E-state index >= 15 is 0 Å². The Bertz CT molecular complexity index is 1330. The standard InChI is InChI=1S/C29H35N5O4/c1-17(26(35)32-16-18-9-10-23-21(13-18)11-12-31-25(23)30)33-27(36)24(34-28(37)38-29(2,3)4)22-14-19-7-5-6-8-20(19)15-22/h5-13,17,22,24H,14-16H2,1-4H3,(H2,30,31)(H,32,35)(H,33,36)(H,34,37). The molecule has 2 aromatic carbocycles. The Morgan fingerprint density at radius 3 is 2.37 bits per heavy atom. The molecule has 0 saturated carbocycles. The summed E-state index contributed by atoms with van der Waals surface area (Å²) >= 11 is 0. The van der Waals surface area contributed by atoms with Crippen LogP contribution in [0.2, 0.25) is 0 Å². The highest BCUT2D eigenvalue weighted by molar-refractivity contribution is 5.92. The van der Waals surface area contributed by atoms with Crippen molar-refractivity contribution in [1.82, 2.24) is 20.9 Å². The van der Waals surface area contributed by atoms with Crippen LogP contribution in [-0.2, 0) is 33.7 Å². The molecule has 38 heavy (non-hydrogen) atoms. The van der Waals surface area contributed by atoms with Crippen LogP contribution < -0.4 is 21.7 Å². The number of hydrogen-bond acceptors (Lipinski definition) is 6. The first-order valence-corrected chi connectivity index (χ1v) is 12.8. The van der Waals surface area contributed by atoms with Gasteiger partial charge in [0.15, 0.2) is 0 Å². The van der Waals surface area contributed by atoms with Gasteiger partial charge in [0.05, 0.1) is 0 Å². The van der Waals surface area contributed by atoms with Crippen LogP contribution in [-0.4, -0.2) is 40.6 Å². The molecule has 1 aliphatic carbocycles. The molecule has 3 aromatic rings. The number of amides is 3. The number of nitrogens with one attached hydrogen (secondary N) is 3. The van der Waals surface area contributed by atoms with Crippen molar-refractivity contribution in [3.05, 3.63) is 71.4 Å². The predicted molar refractivity (Wildman–Crippen MR) is 146 cm³/mol. The number of alkyl carbamates (subject to hydrolysis) is 1. The first-order chi connectivity index (χ1) is 18.0. The second-order valence-corrected chi connectivity index (χ2v) is 10.8. The van der Waals surface area contributed by atoms with Crippen LogP contribution >= 0.6 is 0 Å².